The Morgan fingerprint density at radius 1 is 1.00 bits per heavy atom. The Balaban J connectivity index is 1.53. The van der Waals surface area contributed by atoms with Crippen LogP contribution in [0.4, 0.5) is 0 Å². The Bertz CT molecular complexity index is 225. The van der Waals surface area contributed by atoms with Gasteiger partial charge < -0.3 is 10.6 Å². The van der Waals surface area contributed by atoms with Crippen LogP contribution < -0.4 is 5.73 Å². The number of likely N-dealkylation sites (tertiary alicyclic amines) is 1. The van der Waals surface area contributed by atoms with E-state index < -0.39 is 0 Å². The van der Waals surface area contributed by atoms with Gasteiger partial charge in [-0.05, 0) is 63.5 Å². The highest BCUT2D eigenvalue weighted by molar-refractivity contribution is 5.08. The highest BCUT2D eigenvalue weighted by atomic mass is 15.2. The first-order chi connectivity index (χ1) is 7.30. The second kappa shape index (κ2) is 3.74. The van der Waals surface area contributed by atoms with Crippen LogP contribution in [-0.2, 0) is 0 Å². The number of rotatable bonds is 1. The van der Waals surface area contributed by atoms with E-state index >= 15 is 0 Å². The van der Waals surface area contributed by atoms with Gasteiger partial charge in [-0.15, -0.1) is 0 Å². The van der Waals surface area contributed by atoms with Crippen molar-refractivity contribution in [1.29, 1.82) is 0 Å². The summed E-state index contributed by atoms with van der Waals surface area (Å²) in [6, 6.07) is 1.46. The third-order valence-electron chi connectivity index (χ3n) is 5.11. The maximum atomic E-state index is 6.04. The van der Waals surface area contributed by atoms with Crippen molar-refractivity contribution in [3.05, 3.63) is 0 Å². The molecule has 0 aromatic carbocycles. The van der Waals surface area contributed by atoms with Crippen LogP contribution in [0.1, 0.15) is 51.4 Å². The van der Waals surface area contributed by atoms with Crippen LogP contribution in [0, 0.1) is 5.41 Å². The lowest BCUT2D eigenvalue weighted by atomic mass is 9.82. The lowest BCUT2D eigenvalue weighted by Crippen LogP contribution is -2.42. The van der Waals surface area contributed by atoms with Gasteiger partial charge in [-0.25, -0.2) is 0 Å². The Kier molecular flexibility index (Phi) is 2.52. The fraction of sp³-hybridized carbons (Fsp3) is 1.00. The summed E-state index contributed by atoms with van der Waals surface area (Å²) in [5.41, 5.74) is 6.66. The summed E-state index contributed by atoms with van der Waals surface area (Å²) >= 11 is 0. The first-order valence-electron chi connectivity index (χ1n) is 6.80. The van der Waals surface area contributed by atoms with Gasteiger partial charge in [0.05, 0.1) is 0 Å². The molecule has 0 aromatic heterocycles. The molecule has 0 amide bonds. The average molecular weight is 208 g/mol. The van der Waals surface area contributed by atoms with Crippen LogP contribution >= 0.6 is 0 Å². The zero-order chi connectivity index (χ0) is 10.3. The molecule has 86 valence electrons. The maximum absolute atomic E-state index is 6.04. The van der Waals surface area contributed by atoms with E-state index in [0.29, 0.717) is 11.5 Å². The summed E-state index contributed by atoms with van der Waals surface area (Å²) in [6.07, 6.45) is 11.3. The maximum Gasteiger partial charge on any atom is 0.0102 e. The molecule has 2 nitrogen and oxygen atoms in total. The molecule has 2 aliphatic carbocycles. The van der Waals surface area contributed by atoms with Gasteiger partial charge in [-0.2, -0.15) is 0 Å². The zero-order valence-electron chi connectivity index (χ0n) is 9.75. The summed E-state index contributed by atoms with van der Waals surface area (Å²) in [4.78, 5) is 2.75. The van der Waals surface area contributed by atoms with Gasteiger partial charge in [0.25, 0.3) is 0 Å². The second-order valence-corrected chi connectivity index (χ2v) is 6.00. The Morgan fingerprint density at radius 2 is 1.60 bits per heavy atom. The standard InChI is InChI=1S/C13H24N2/c14-12-10-13(12)6-4-11(5-7-13)15-8-2-1-3-9-15/h11-12H,1-10,14H2. The topological polar surface area (TPSA) is 29.3 Å². The largest absolute Gasteiger partial charge is 0.327 e. The van der Waals surface area contributed by atoms with E-state index in [1.165, 1.54) is 64.5 Å². The van der Waals surface area contributed by atoms with Crippen molar-refractivity contribution < 1.29 is 0 Å². The predicted molar refractivity (Wildman–Crippen MR) is 62.7 cm³/mol. The minimum absolute atomic E-state index is 0.555. The van der Waals surface area contributed by atoms with Crippen molar-refractivity contribution in [3.8, 4) is 0 Å². The Morgan fingerprint density at radius 3 is 2.13 bits per heavy atom. The van der Waals surface area contributed by atoms with Gasteiger partial charge in [0, 0.05) is 12.1 Å². The summed E-state index contributed by atoms with van der Waals surface area (Å²) in [5.74, 6) is 0. The molecule has 0 aromatic rings. The molecule has 1 spiro atoms. The Labute approximate surface area is 93.2 Å². The van der Waals surface area contributed by atoms with Crippen molar-refractivity contribution in [2.45, 2.75) is 63.5 Å². The number of piperidine rings is 1. The molecule has 2 saturated carbocycles. The molecule has 1 aliphatic heterocycles. The summed E-state index contributed by atoms with van der Waals surface area (Å²) in [6.45, 7) is 2.73. The van der Waals surface area contributed by atoms with Crippen LogP contribution in [0.15, 0.2) is 0 Å². The molecule has 0 radical (unpaired) electrons. The molecule has 1 unspecified atom stereocenters. The Hall–Kier alpha value is -0.0800. The molecule has 15 heavy (non-hydrogen) atoms. The third-order valence-corrected chi connectivity index (χ3v) is 5.11. The van der Waals surface area contributed by atoms with Gasteiger partial charge in [0.2, 0.25) is 0 Å². The van der Waals surface area contributed by atoms with E-state index in [2.05, 4.69) is 4.90 Å². The number of nitrogens with zero attached hydrogens (tertiary/aromatic N) is 1. The molecule has 1 saturated heterocycles. The molecule has 2 N–H and O–H groups in total. The fourth-order valence-corrected chi connectivity index (χ4v) is 3.78. The molecular formula is C13H24N2. The molecule has 3 fully saturated rings. The summed E-state index contributed by atoms with van der Waals surface area (Å²) in [5, 5.41) is 0. The SMILES string of the molecule is NC1CC12CCC(N1CCCCC1)CC2. The number of hydrogen-bond acceptors (Lipinski definition) is 2. The van der Waals surface area contributed by atoms with Crippen LogP contribution in [0.5, 0.6) is 0 Å². The summed E-state index contributed by atoms with van der Waals surface area (Å²) in [7, 11) is 0. The van der Waals surface area contributed by atoms with Crippen molar-refractivity contribution in [1.82, 2.24) is 4.90 Å². The van der Waals surface area contributed by atoms with Crippen molar-refractivity contribution >= 4 is 0 Å². The van der Waals surface area contributed by atoms with E-state index in [9.17, 15) is 0 Å². The molecule has 1 heterocycles. The van der Waals surface area contributed by atoms with Gasteiger partial charge in [0.1, 0.15) is 0 Å². The van der Waals surface area contributed by atoms with Crippen molar-refractivity contribution in [2.75, 3.05) is 13.1 Å². The van der Waals surface area contributed by atoms with Crippen LogP contribution in [0.3, 0.4) is 0 Å². The van der Waals surface area contributed by atoms with E-state index in [1.54, 1.807) is 0 Å². The van der Waals surface area contributed by atoms with Gasteiger partial charge in [-0.3, -0.25) is 0 Å². The number of nitrogens with two attached hydrogens (primary N) is 1. The molecule has 3 aliphatic rings. The van der Waals surface area contributed by atoms with Gasteiger partial charge in [-0.1, -0.05) is 6.42 Å². The van der Waals surface area contributed by atoms with Gasteiger partial charge >= 0.3 is 0 Å². The van der Waals surface area contributed by atoms with Crippen molar-refractivity contribution in [3.63, 3.8) is 0 Å². The quantitative estimate of drug-likeness (QED) is 0.715. The lowest BCUT2D eigenvalue weighted by Gasteiger charge is -2.39. The highest BCUT2D eigenvalue weighted by Crippen LogP contribution is 2.55. The molecular weight excluding hydrogens is 184 g/mol. The molecule has 1 atom stereocenters. The van der Waals surface area contributed by atoms with Gasteiger partial charge in [0.15, 0.2) is 0 Å². The van der Waals surface area contributed by atoms with E-state index in [4.69, 9.17) is 5.73 Å². The summed E-state index contributed by atoms with van der Waals surface area (Å²) < 4.78 is 0. The first-order valence-corrected chi connectivity index (χ1v) is 6.80. The van der Waals surface area contributed by atoms with Crippen LogP contribution in [-0.4, -0.2) is 30.1 Å². The minimum atomic E-state index is 0.555. The fourth-order valence-electron chi connectivity index (χ4n) is 3.78. The van der Waals surface area contributed by atoms with Crippen molar-refractivity contribution in [2.24, 2.45) is 11.1 Å². The zero-order valence-corrected chi connectivity index (χ0v) is 9.75. The van der Waals surface area contributed by atoms with Crippen LogP contribution in [0.2, 0.25) is 0 Å². The minimum Gasteiger partial charge on any atom is -0.327 e. The first kappa shape index (κ1) is 10.1. The predicted octanol–water partition coefficient (Wildman–Crippen LogP) is 2.13. The normalized spacial score (nSPS) is 47.0. The molecule has 0 bridgehead atoms. The molecule has 3 rings (SSSR count). The monoisotopic (exact) mass is 208 g/mol. The number of hydrogen-bond donors (Lipinski definition) is 1. The second-order valence-electron chi connectivity index (χ2n) is 6.00. The smallest absolute Gasteiger partial charge is 0.0102 e. The molecule has 2 heteroatoms. The lowest BCUT2D eigenvalue weighted by molar-refractivity contribution is 0.108. The third kappa shape index (κ3) is 1.83. The van der Waals surface area contributed by atoms with E-state index in [1.807, 2.05) is 0 Å². The van der Waals surface area contributed by atoms with Crippen LogP contribution in [0.25, 0.3) is 0 Å². The van der Waals surface area contributed by atoms with E-state index in [0.717, 1.165) is 6.04 Å². The average Bonchev–Trinajstić information content (AvgIpc) is 2.91. The van der Waals surface area contributed by atoms with E-state index in [-0.39, 0.29) is 0 Å². The highest BCUT2D eigenvalue weighted by Gasteiger charge is 2.53.